The first-order valence-corrected chi connectivity index (χ1v) is 13.2. The number of hydrogen-bond acceptors (Lipinski definition) is 11. The zero-order chi connectivity index (χ0) is 26.6. The molecule has 4 heterocycles. The molecule has 0 radical (unpaired) electrons. The molecule has 1 aliphatic carbocycles. The molecule has 0 spiro atoms. The van der Waals surface area contributed by atoms with Crippen LogP contribution in [0.2, 0.25) is 0 Å². The van der Waals surface area contributed by atoms with Crippen molar-refractivity contribution < 1.29 is 33.4 Å². The summed E-state index contributed by atoms with van der Waals surface area (Å²) in [5.41, 5.74) is 3.02. The number of urea groups is 1. The van der Waals surface area contributed by atoms with Crippen molar-refractivity contribution in [2.75, 3.05) is 12.4 Å². The lowest BCUT2D eigenvalue weighted by Gasteiger charge is -2.24. The SMILES string of the molecule is COC(=O)c1csc(NC(=O)[C@H](Cc2cscn2)N2C(=O)NC(C3=COC=C(C4=CC=CCC4)O3)C2=O)n1. The second-order valence-electron chi connectivity index (χ2n) is 8.21. The molecule has 14 heteroatoms. The van der Waals surface area contributed by atoms with Crippen molar-refractivity contribution in [1.82, 2.24) is 20.2 Å². The Bertz CT molecular complexity index is 1390. The van der Waals surface area contributed by atoms with Crippen LogP contribution >= 0.6 is 22.7 Å². The van der Waals surface area contributed by atoms with Gasteiger partial charge in [0.25, 0.3) is 5.91 Å². The number of esters is 1. The van der Waals surface area contributed by atoms with Crippen LogP contribution in [0.4, 0.5) is 9.93 Å². The Labute approximate surface area is 224 Å². The summed E-state index contributed by atoms with van der Waals surface area (Å²) in [6.07, 6.45) is 10.0. The van der Waals surface area contributed by atoms with Gasteiger partial charge in [0, 0.05) is 17.2 Å². The lowest BCUT2D eigenvalue weighted by Crippen LogP contribution is -2.49. The molecule has 196 valence electrons. The Hall–Kier alpha value is -4.30. The summed E-state index contributed by atoms with van der Waals surface area (Å²) in [7, 11) is 1.22. The average Bonchev–Trinajstić information content (AvgIpc) is 3.69. The van der Waals surface area contributed by atoms with Crippen molar-refractivity contribution >= 4 is 51.6 Å². The van der Waals surface area contributed by atoms with Crippen molar-refractivity contribution in [3.05, 3.63) is 75.5 Å². The van der Waals surface area contributed by atoms with Gasteiger partial charge in [-0.15, -0.1) is 22.7 Å². The lowest BCUT2D eigenvalue weighted by atomic mass is 10.0. The number of ether oxygens (including phenoxy) is 3. The third-order valence-corrected chi connectivity index (χ3v) is 7.20. The Morgan fingerprint density at radius 2 is 2.18 bits per heavy atom. The highest BCUT2D eigenvalue weighted by Crippen LogP contribution is 2.30. The molecule has 4 amide bonds. The predicted octanol–water partition coefficient (Wildman–Crippen LogP) is 2.86. The first-order chi connectivity index (χ1) is 18.4. The lowest BCUT2D eigenvalue weighted by molar-refractivity contribution is -0.134. The number of carbonyl (C=O) groups is 4. The molecule has 0 aromatic carbocycles. The number of anilines is 1. The molecule has 2 N–H and O–H groups in total. The van der Waals surface area contributed by atoms with E-state index in [1.165, 1.54) is 36.4 Å². The number of nitrogens with one attached hydrogen (secondary N) is 2. The van der Waals surface area contributed by atoms with Crippen molar-refractivity contribution in [2.24, 2.45) is 0 Å². The highest BCUT2D eigenvalue weighted by molar-refractivity contribution is 7.14. The summed E-state index contributed by atoms with van der Waals surface area (Å²) in [4.78, 5) is 60.7. The van der Waals surface area contributed by atoms with Crippen molar-refractivity contribution in [3.63, 3.8) is 0 Å². The maximum absolute atomic E-state index is 13.5. The van der Waals surface area contributed by atoms with Gasteiger partial charge in [-0.1, -0.05) is 18.2 Å². The number of rotatable bonds is 8. The van der Waals surface area contributed by atoms with E-state index in [0.29, 0.717) is 11.5 Å². The zero-order valence-corrected chi connectivity index (χ0v) is 21.5. The molecule has 5 rings (SSSR count). The van der Waals surface area contributed by atoms with E-state index >= 15 is 0 Å². The van der Waals surface area contributed by atoms with Crippen LogP contribution in [0.5, 0.6) is 0 Å². The fourth-order valence-electron chi connectivity index (χ4n) is 3.95. The van der Waals surface area contributed by atoms with Gasteiger partial charge in [-0.2, -0.15) is 0 Å². The molecule has 1 unspecified atom stereocenters. The quantitative estimate of drug-likeness (QED) is 0.370. The maximum atomic E-state index is 13.5. The number of allylic oxidation sites excluding steroid dienone is 4. The molecular weight excluding hydrogens is 534 g/mol. The molecule has 12 nitrogen and oxygen atoms in total. The van der Waals surface area contributed by atoms with Gasteiger partial charge in [0.05, 0.1) is 18.3 Å². The fourth-order valence-corrected chi connectivity index (χ4v) is 5.21. The number of amides is 4. The van der Waals surface area contributed by atoms with Gasteiger partial charge in [0.1, 0.15) is 18.6 Å². The summed E-state index contributed by atoms with van der Waals surface area (Å²) in [5.74, 6) is -1.49. The molecule has 1 fully saturated rings. The third kappa shape index (κ3) is 5.21. The summed E-state index contributed by atoms with van der Waals surface area (Å²) >= 11 is 2.32. The number of nitrogens with zero attached hydrogens (tertiary/aromatic N) is 3. The van der Waals surface area contributed by atoms with Gasteiger partial charge in [-0.05, 0) is 18.4 Å². The van der Waals surface area contributed by atoms with Gasteiger partial charge < -0.3 is 24.8 Å². The second kappa shape index (κ2) is 11.0. The molecule has 2 aromatic heterocycles. The molecular formula is C24H21N5O7S2. The van der Waals surface area contributed by atoms with Crippen LogP contribution in [-0.4, -0.2) is 57.9 Å². The van der Waals surface area contributed by atoms with E-state index in [-0.39, 0.29) is 23.0 Å². The molecule has 2 aromatic rings. The molecule has 2 atom stereocenters. The number of carbonyl (C=O) groups excluding carboxylic acids is 4. The van der Waals surface area contributed by atoms with Crippen LogP contribution in [0.25, 0.3) is 0 Å². The average molecular weight is 556 g/mol. The Morgan fingerprint density at radius 1 is 1.32 bits per heavy atom. The van der Waals surface area contributed by atoms with Gasteiger partial charge in [0.2, 0.25) is 5.91 Å². The van der Waals surface area contributed by atoms with Crippen LogP contribution in [0.15, 0.2) is 64.1 Å². The molecule has 0 bridgehead atoms. The third-order valence-electron chi connectivity index (χ3n) is 5.80. The van der Waals surface area contributed by atoms with Crippen LogP contribution < -0.4 is 10.6 Å². The minimum absolute atomic E-state index is 0.0210. The first-order valence-electron chi connectivity index (χ1n) is 11.4. The van der Waals surface area contributed by atoms with Crippen molar-refractivity contribution in [3.8, 4) is 0 Å². The Balaban J connectivity index is 1.35. The molecule has 0 saturated carbocycles. The number of hydrogen-bond donors (Lipinski definition) is 2. The smallest absolute Gasteiger partial charge is 0.357 e. The number of imide groups is 1. The van der Waals surface area contributed by atoms with Crippen molar-refractivity contribution in [1.29, 1.82) is 0 Å². The van der Waals surface area contributed by atoms with Gasteiger partial charge in [0.15, 0.2) is 28.4 Å². The van der Waals surface area contributed by atoms with E-state index < -0.39 is 35.9 Å². The summed E-state index contributed by atoms with van der Waals surface area (Å²) in [6, 6.07) is -3.22. The molecule has 1 saturated heterocycles. The second-order valence-corrected chi connectivity index (χ2v) is 9.79. The van der Waals surface area contributed by atoms with E-state index in [2.05, 4.69) is 25.3 Å². The van der Waals surface area contributed by atoms with E-state index in [1.54, 1.807) is 10.9 Å². The van der Waals surface area contributed by atoms with Crippen LogP contribution in [-0.2, 0) is 30.2 Å². The van der Waals surface area contributed by atoms with E-state index in [4.69, 9.17) is 9.47 Å². The monoisotopic (exact) mass is 555 g/mol. The molecule has 38 heavy (non-hydrogen) atoms. The van der Waals surface area contributed by atoms with Gasteiger partial charge in [-0.3, -0.25) is 9.59 Å². The molecule has 2 aliphatic heterocycles. The summed E-state index contributed by atoms with van der Waals surface area (Å²) < 4.78 is 16.0. The summed E-state index contributed by atoms with van der Waals surface area (Å²) in [6.45, 7) is 0. The minimum atomic E-state index is -1.26. The fraction of sp³-hybridized carbons (Fsp3) is 0.250. The van der Waals surface area contributed by atoms with E-state index in [9.17, 15) is 19.2 Å². The van der Waals surface area contributed by atoms with Gasteiger partial charge >= 0.3 is 12.0 Å². The largest absolute Gasteiger partial charge is 0.465 e. The van der Waals surface area contributed by atoms with Gasteiger partial charge in [-0.25, -0.2) is 24.5 Å². The number of methoxy groups -OCH3 is 1. The zero-order valence-electron chi connectivity index (χ0n) is 19.9. The highest BCUT2D eigenvalue weighted by Gasteiger charge is 2.48. The van der Waals surface area contributed by atoms with Crippen LogP contribution in [0.1, 0.15) is 29.0 Å². The predicted molar refractivity (Wildman–Crippen MR) is 136 cm³/mol. The molecule has 3 aliphatic rings. The minimum Gasteiger partial charge on any atom is -0.465 e. The van der Waals surface area contributed by atoms with Crippen molar-refractivity contribution in [2.45, 2.75) is 31.3 Å². The topological polar surface area (TPSA) is 149 Å². The van der Waals surface area contributed by atoms with E-state index in [0.717, 1.165) is 34.7 Å². The van der Waals surface area contributed by atoms with Crippen LogP contribution in [0, 0.1) is 0 Å². The Kier molecular flexibility index (Phi) is 7.33. The normalized spacial score (nSPS) is 19.4. The van der Waals surface area contributed by atoms with Crippen LogP contribution in [0.3, 0.4) is 0 Å². The first kappa shape index (κ1) is 25.4. The Morgan fingerprint density at radius 3 is 2.92 bits per heavy atom. The summed E-state index contributed by atoms with van der Waals surface area (Å²) in [5, 5.41) is 8.43. The standard InChI is InChI=1S/C24H21N5O7S2/c1-34-22(32)15-11-38-23(26-15)28-20(30)16(7-14-10-37-12-25-14)29-21(31)19(27-24(29)33)18-9-35-8-17(36-18)13-5-3-2-4-6-13/h2-3,5,8-12,16,19H,4,6-7H2,1H3,(H,27,33)(H,26,28,30)/t16-,19?/m0/s1. The van der Waals surface area contributed by atoms with E-state index in [1.807, 2.05) is 18.2 Å². The highest BCUT2D eigenvalue weighted by atomic mass is 32.1. The maximum Gasteiger partial charge on any atom is 0.357 e. The number of aromatic nitrogens is 2. The number of thiazole rings is 2.